The molecular formula is C19H38O4Si. The number of ether oxygens (including phenoxy) is 2. The Morgan fingerprint density at radius 1 is 1.33 bits per heavy atom. The summed E-state index contributed by atoms with van der Waals surface area (Å²) in [5, 5.41) is 0.147. The Labute approximate surface area is 149 Å². The quantitative estimate of drug-likeness (QED) is 0.641. The zero-order valence-electron chi connectivity index (χ0n) is 17.4. The number of carbonyl (C=O) groups excluding carboxylic acids is 1. The van der Waals surface area contributed by atoms with Crippen LogP contribution < -0.4 is 0 Å². The molecule has 142 valence electrons. The molecular weight excluding hydrogens is 320 g/mol. The van der Waals surface area contributed by atoms with Crippen LogP contribution >= 0.6 is 0 Å². The van der Waals surface area contributed by atoms with Crippen LogP contribution in [0.5, 0.6) is 0 Å². The number of rotatable bonds is 6. The SMILES string of the molecule is COC1(CC(C)=O)C[C@@H](O[Si](C)(C)C(C)(C)C)[C@H](C)[C@@H](C(C)C)O1. The summed E-state index contributed by atoms with van der Waals surface area (Å²) in [5.41, 5.74) is 0. The van der Waals surface area contributed by atoms with Crippen LogP contribution in [0.15, 0.2) is 0 Å². The molecule has 0 radical (unpaired) electrons. The second-order valence-corrected chi connectivity index (χ2v) is 14.1. The highest BCUT2D eigenvalue weighted by atomic mass is 28.4. The molecule has 0 amide bonds. The molecule has 4 atom stereocenters. The molecule has 1 rings (SSSR count). The van der Waals surface area contributed by atoms with Crippen molar-refractivity contribution in [3.05, 3.63) is 0 Å². The average Bonchev–Trinajstić information content (AvgIpc) is 2.39. The van der Waals surface area contributed by atoms with Crippen LogP contribution in [0.3, 0.4) is 0 Å². The van der Waals surface area contributed by atoms with Gasteiger partial charge in [-0.2, -0.15) is 0 Å². The van der Waals surface area contributed by atoms with Crippen molar-refractivity contribution < 1.29 is 18.7 Å². The fraction of sp³-hybridized carbons (Fsp3) is 0.947. The Balaban J connectivity index is 3.14. The summed E-state index contributed by atoms with van der Waals surface area (Å²) in [6, 6.07) is 0. The summed E-state index contributed by atoms with van der Waals surface area (Å²) in [5.74, 6) is -0.165. The van der Waals surface area contributed by atoms with E-state index in [9.17, 15) is 4.79 Å². The molecule has 1 unspecified atom stereocenters. The molecule has 4 nitrogen and oxygen atoms in total. The third kappa shape index (κ3) is 4.90. The Kier molecular flexibility index (Phi) is 6.87. The second-order valence-electron chi connectivity index (χ2n) is 9.30. The van der Waals surface area contributed by atoms with Crippen molar-refractivity contribution in [2.75, 3.05) is 7.11 Å². The van der Waals surface area contributed by atoms with Crippen LogP contribution in [0.4, 0.5) is 0 Å². The summed E-state index contributed by atoms with van der Waals surface area (Å²) in [7, 11) is -0.271. The first-order chi connectivity index (χ1) is 10.7. The molecule has 0 bridgehead atoms. The zero-order chi connectivity index (χ0) is 18.9. The van der Waals surface area contributed by atoms with Gasteiger partial charge >= 0.3 is 0 Å². The molecule has 1 aliphatic rings. The van der Waals surface area contributed by atoms with Crippen molar-refractivity contribution in [3.63, 3.8) is 0 Å². The van der Waals surface area contributed by atoms with E-state index >= 15 is 0 Å². The maximum Gasteiger partial charge on any atom is 0.192 e. The van der Waals surface area contributed by atoms with Crippen molar-refractivity contribution in [2.24, 2.45) is 11.8 Å². The fourth-order valence-electron chi connectivity index (χ4n) is 3.25. The first-order valence-corrected chi connectivity index (χ1v) is 12.1. The molecule has 0 aliphatic carbocycles. The molecule has 1 saturated heterocycles. The highest BCUT2D eigenvalue weighted by Crippen LogP contribution is 2.44. The summed E-state index contributed by atoms with van der Waals surface area (Å²) >= 11 is 0. The van der Waals surface area contributed by atoms with Crippen molar-refractivity contribution in [1.29, 1.82) is 0 Å². The molecule has 1 heterocycles. The first kappa shape index (κ1) is 21.8. The number of methoxy groups -OCH3 is 1. The summed E-state index contributed by atoms with van der Waals surface area (Å²) in [6.07, 6.45) is 0.954. The fourth-order valence-corrected chi connectivity index (χ4v) is 4.66. The molecule has 0 aromatic rings. The molecule has 0 aromatic heterocycles. The normalized spacial score (nSPS) is 32.2. The Morgan fingerprint density at radius 2 is 1.88 bits per heavy atom. The minimum atomic E-state index is -1.91. The van der Waals surface area contributed by atoms with Gasteiger partial charge in [0.2, 0.25) is 0 Å². The Hall–Kier alpha value is -0.233. The van der Waals surface area contributed by atoms with E-state index in [-0.39, 0.29) is 35.4 Å². The Morgan fingerprint density at radius 3 is 2.25 bits per heavy atom. The van der Waals surface area contributed by atoms with Gasteiger partial charge in [-0.3, -0.25) is 4.79 Å². The van der Waals surface area contributed by atoms with Crippen LogP contribution in [0, 0.1) is 11.8 Å². The van der Waals surface area contributed by atoms with E-state index in [2.05, 4.69) is 54.6 Å². The van der Waals surface area contributed by atoms with Gasteiger partial charge in [-0.25, -0.2) is 0 Å². The van der Waals surface area contributed by atoms with Gasteiger partial charge in [0.05, 0.1) is 18.6 Å². The highest BCUT2D eigenvalue weighted by molar-refractivity contribution is 6.74. The number of ketones is 1. The van der Waals surface area contributed by atoms with E-state index < -0.39 is 14.1 Å². The van der Waals surface area contributed by atoms with Crippen molar-refractivity contribution in [1.82, 2.24) is 0 Å². The molecule has 24 heavy (non-hydrogen) atoms. The summed E-state index contributed by atoms with van der Waals surface area (Å²) in [6.45, 7) is 19.4. The zero-order valence-corrected chi connectivity index (χ0v) is 18.4. The standard InChI is InChI=1S/C19H38O4Si/c1-13(2)17-15(4)16(23-24(9,10)18(5,6)7)12-19(21-8,22-17)11-14(3)20/h13,15-17H,11-12H2,1-10H3/t15-,16+,17+,19?/m0/s1. The lowest BCUT2D eigenvalue weighted by molar-refractivity contribution is -0.304. The van der Waals surface area contributed by atoms with Gasteiger partial charge in [-0.1, -0.05) is 41.5 Å². The van der Waals surface area contributed by atoms with Gasteiger partial charge in [-0.05, 0) is 31.0 Å². The van der Waals surface area contributed by atoms with E-state index in [0.717, 1.165) is 0 Å². The van der Waals surface area contributed by atoms with Gasteiger partial charge in [-0.15, -0.1) is 0 Å². The van der Waals surface area contributed by atoms with E-state index in [4.69, 9.17) is 13.9 Å². The molecule has 5 heteroatoms. The predicted octanol–water partition coefficient (Wildman–Crippen LogP) is 4.78. The molecule has 0 N–H and O–H groups in total. The van der Waals surface area contributed by atoms with Crippen molar-refractivity contribution >= 4 is 14.1 Å². The molecule has 1 aliphatic heterocycles. The lowest BCUT2D eigenvalue weighted by Crippen LogP contribution is -2.57. The number of hydrogen-bond donors (Lipinski definition) is 0. The maximum absolute atomic E-state index is 11.8. The largest absolute Gasteiger partial charge is 0.413 e. The van der Waals surface area contributed by atoms with E-state index in [0.29, 0.717) is 12.3 Å². The van der Waals surface area contributed by atoms with Crippen LogP contribution in [0.2, 0.25) is 18.1 Å². The van der Waals surface area contributed by atoms with Crippen molar-refractivity contribution in [2.45, 2.75) is 97.4 Å². The van der Waals surface area contributed by atoms with Crippen LogP contribution in [0.25, 0.3) is 0 Å². The monoisotopic (exact) mass is 358 g/mol. The number of carbonyl (C=O) groups is 1. The molecule has 0 spiro atoms. The van der Waals surface area contributed by atoms with Gasteiger partial charge < -0.3 is 13.9 Å². The molecule has 0 aromatic carbocycles. The first-order valence-electron chi connectivity index (χ1n) is 9.15. The minimum absolute atomic E-state index is 0.0211. The smallest absolute Gasteiger partial charge is 0.192 e. The highest BCUT2D eigenvalue weighted by Gasteiger charge is 2.50. The van der Waals surface area contributed by atoms with E-state index in [1.165, 1.54) is 0 Å². The maximum atomic E-state index is 11.8. The van der Waals surface area contributed by atoms with Gasteiger partial charge in [0.1, 0.15) is 5.78 Å². The van der Waals surface area contributed by atoms with Crippen molar-refractivity contribution in [3.8, 4) is 0 Å². The lowest BCUT2D eigenvalue weighted by atomic mass is 9.82. The average molecular weight is 359 g/mol. The van der Waals surface area contributed by atoms with Gasteiger partial charge in [0.25, 0.3) is 0 Å². The van der Waals surface area contributed by atoms with Gasteiger partial charge in [0, 0.05) is 19.4 Å². The van der Waals surface area contributed by atoms with E-state index in [1.807, 2.05) is 0 Å². The summed E-state index contributed by atoms with van der Waals surface area (Å²) in [4.78, 5) is 11.8. The summed E-state index contributed by atoms with van der Waals surface area (Å²) < 4.78 is 18.8. The number of Topliss-reactive ketones (excluding diaryl/α,β-unsaturated/α-hetero) is 1. The van der Waals surface area contributed by atoms with Crippen LogP contribution in [0.1, 0.15) is 61.3 Å². The topological polar surface area (TPSA) is 44.8 Å². The number of hydrogen-bond acceptors (Lipinski definition) is 4. The second kappa shape index (κ2) is 7.56. The molecule has 0 saturated carbocycles. The van der Waals surface area contributed by atoms with Crippen LogP contribution in [-0.4, -0.2) is 39.2 Å². The van der Waals surface area contributed by atoms with Gasteiger partial charge in [0.15, 0.2) is 14.1 Å². The lowest BCUT2D eigenvalue weighted by Gasteiger charge is -2.51. The van der Waals surface area contributed by atoms with E-state index in [1.54, 1.807) is 14.0 Å². The predicted molar refractivity (Wildman–Crippen MR) is 101 cm³/mol. The molecule has 1 fully saturated rings. The Bertz CT molecular complexity index is 441. The minimum Gasteiger partial charge on any atom is -0.413 e. The third-order valence-electron chi connectivity index (χ3n) is 5.77. The van der Waals surface area contributed by atoms with Crippen LogP contribution in [-0.2, 0) is 18.7 Å². The third-order valence-corrected chi connectivity index (χ3v) is 10.3.